The summed E-state index contributed by atoms with van der Waals surface area (Å²) in [5, 5.41) is 5.65. The summed E-state index contributed by atoms with van der Waals surface area (Å²) >= 11 is 0. The average molecular weight is 415 g/mol. The Hall–Kier alpha value is -3.66. The van der Waals surface area contributed by atoms with Crippen LogP contribution in [0.4, 0.5) is 0 Å². The van der Waals surface area contributed by atoms with E-state index < -0.39 is 30.0 Å². The summed E-state index contributed by atoms with van der Waals surface area (Å²) in [5.41, 5.74) is -1.38. The lowest BCUT2D eigenvalue weighted by atomic mass is 9.76. The topological polar surface area (TPSA) is 123 Å². The van der Waals surface area contributed by atoms with Crippen molar-refractivity contribution >= 4 is 29.4 Å². The van der Waals surface area contributed by atoms with Crippen LogP contribution in [0.5, 0.6) is 0 Å². The van der Waals surface area contributed by atoms with E-state index in [-0.39, 0.29) is 29.4 Å². The van der Waals surface area contributed by atoms with Crippen molar-refractivity contribution < 1.29 is 33.4 Å². The second-order valence-electron chi connectivity index (χ2n) is 6.41. The molecule has 3 rings (SSSR count). The number of nitrogens with one attached hydrogen (secondary N) is 2. The van der Waals surface area contributed by atoms with E-state index in [2.05, 4.69) is 15.4 Å². The van der Waals surface area contributed by atoms with Crippen molar-refractivity contribution in [2.45, 2.75) is 5.54 Å². The molecule has 0 saturated carbocycles. The molecule has 2 aliphatic rings. The summed E-state index contributed by atoms with van der Waals surface area (Å²) in [4.78, 5) is 51.7. The molecule has 0 aliphatic carbocycles. The number of esters is 3. The van der Waals surface area contributed by atoms with Crippen LogP contribution in [0.15, 0.2) is 47.9 Å². The quantitative estimate of drug-likeness (QED) is 0.469. The molecule has 1 fully saturated rings. The highest BCUT2D eigenvalue weighted by atomic mass is 16.5. The van der Waals surface area contributed by atoms with E-state index in [0.717, 1.165) is 14.2 Å². The third kappa shape index (κ3) is 3.30. The first-order valence-electron chi connectivity index (χ1n) is 8.97. The van der Waals surface area contributed by atoms with Crippen LogP contribution < -0.4 is 10.6 Å². The van der Waals surface area contributed by atoms with E-state index >= 15 is 0 Å². The Morgan fingerprint density at radius 3 is 2.40 bits per heavy atom. The number of carbonyl (C=O) groups is 4. The Kier molecular flexibility index (Phi) is 5.88. The normalized spacial score (nSPS) is 20.2. The van der Waals surface area contributed by atoms with Crippen LogP contribution in [-0.2, 0) is 33.4 Å². The van der Waals surface area contributed by atoms with Crippen molar-refractivity contribution in [3.63, 3.8) is 0 Å². The summed E-state index contributed by atoms with van der Waals surface area (Å²) < 4.78 is 14.7. The molecule has 1 unspecified atom stereocenters. The van der Waals surface area contributed by atoms with Crippen LogP contribution in [0.1, 0.15) is 5.56 Å². The second-order valence-corrected chi connectivity index (χ2v) is 6.41. The SMILES string of the molecule is COC(=O)CNC1(C(=O)OC)C(c2ccccc2)=CN2C(=O)CNC2=C1C(=O)OC. The van der Waals surface area contributed by atoms with Crippen molar-refractivity contribution in [2.75, 3.05) is 34.4 Å². The van der Waals surface area contributed by atoms with Gasteiger partial charge in [0.1, 0.15) is 11.4 Å². The smallest absolute Gasteiger partial charge is 0.340 e. The van der Waals surface area contributed by atoms with Gasteiger partial charge in [0.15, 0.2) is 5.54 Å². The van der Waals surface area contributed by atoms with E-state index in [0.29, 0.717) is 5.56 Å². The fourth-order valence-electron chi connectivity index (χ4n) is 3.50. The van der Waals surface area contributed by atoms with Gasteiger partial charge in [-0.15, -0.1) is 0 Å². The highest BCUT2D eigenvalue weighted by Crippen LogP contribution is 2.42. The number of benzene rings is 1. The molecule has 158 valence electrons. The van der Waals surface area contributed by atoms with Gasteiger partial charge in [0.05, 0.1) is 34.4 Å². The zero-order valence-corrected chi connectivity index (χ0v) is 16.7. The third-order valence-electron chi connectivity index (χ3n) is 4.88. The maximum atomic E-state index is 13.2. The minimum atomic E-state index is -1.94. The molecular formula is C20H21N3O7. The molecule has 1 atom stereocenters. The predicted molar refractivity (Wildman–Crippen MR) is 103 cm³/mol. The summed E-state index contributed by atoms with van der Waals surface area (Å²) in [7, 11) is 3.51. The van der Waals surface area contributed by atoms with Crippen molar-refractivity contribution in [1.29, 1.82) is 0 Å². The zero-order valence-electron chi connectivity index (χ0n) is 16.7. The molecule has 1 aromatic carbocycles. The van der Waals surface area contributed by atoms with Crippen LogP contribution in [0, 0.1) is 0 Å². The highest BCUT2D eigenvalue weighted by Gasteiger charge is 2.56. The second kappa shape index (κ2) is 8.37. The molecule has 2 N–H and O–H groups in total. The number of hydrogen-bond donors (Lipinski definition) is 2. The Morgan fingerprint density at radius 1 is 1.10 bits per heavy atom. The van der Waals surface area contributed by atoms with Gasteiger partial charge in [0, 0.05) is 11.8 Å². The molecule has 10 heteroatoms. The summed E-state index contributed by atoms with van der Waals surface area (Å²) in [6.45, 7) is -0.500. The summed E-state index contributed by atoms with van der Waals surface area (Å²) in [6, 6.07) is 8.66. The monoisotopic (exact) mass is 415 g/mol. The fraction of sp³-hybridized carbons (Fsp3) is 0.300. The number of nitrogens with zero attached hydrogens (tertiary/aromatic N) is 1. The van der Waals surface area contributed by atoms with Gasteiger partial charge in [-0.3, -0.25) is 19.8 Å². The molecule has 30 heavy (non-hydrogen) atoms. The zero-order chi connectivity index (χ0) is 21.9. The molecule has 2 aliphatic heterocycles. The lowest BCUT2D eigenvalue weighted by Crippen LogP contribution is -2.60. The van der Waals surface area contributed by atoms with Crippen molar-refractivity contribution in [3.05, 3.63) is 53.5 Å². The maximum absolute atomic E-state index is 13.2. The predicted octanol–water partition coefficient (Wildman–Crippen LogP) is -0.468. The Morgan fingerprint density at radius 2 is 1.80 bits per heavy atom. The van der Waals surface area contributed by atoms with Gasteiger partial charge in [-0.1, -0.05) is 30.3 Å². The Labute approximate surface area is 172 Å². The van der Waals surface area contributed by atoms with Crippen molar-refractivity contribution in [1.82, 2.24) is 15.5 Å². The average Bonchev–Trinajstić information content (AvgIpc) is 3.15. The van der Waals surface area contributed by atoms with Gasteiger partial charge in [-0.25, -0.2) is 9.59 Å². The molecular weight excluding hydrogens is 394 g/mol. The summed E-state index contributed by atoms with van der Waals surface area (Å²) in [6.07, 6.45) is 1.45. The number of methoxy groups -OCH3 is 3. The summed E-state index contributed by atoms with van der Waals surface area (Å²) in [5.74, 6) is -2.66. The minimum Gasteiger partial charge on any atom is -0.468 e. The lowest BCUT2D eigenvalue weighted by Gasteiger charge is -2.40. The molecule has 0 aromatic heterocycles. The Bertz CT molecular complexity index is 954. The van der Waals surface area contributed by atoms with Gasteiger partial charge in [0.2, 0.25) is 0 Å². The van der Waals surface area contributed by atoms with E-state index in [1.54, 1.807) is 30.3 Å². The number of fused-ring (bicyclic) bond motifs is 1. The van der Waals surface area contributed by atoms with Crippen molar-refractivity contribution in [2.24, 2.45) is 0 Å². The first-order chi connectivity index (χ1) is 14.4. The first kappa shape index (κ1) is 21.1. The molecule has 0 spiro atoms. The van der Waals surface area contributed by atoms with Gasteiger partial charge in [-0.2, -0.15) is 0 Å². The molecule has 1 saturated heterocycles. The van der Waals surface area contributed by atoms with Crippen LogP contribution in [-0.4, -0.2) is 68.7 Å². The molecule has 0 bridgehead atoms. The van der Waals surface area contributed by atoms with Crippen LogP contribution in [0.25, 0.3) is 5.57 Å². The molecule has 1 amide bonds. The highest BCUT2D eigenvalue weighted by molar-refractivity contribution is 6.13. The maximum Gasteiger partial charge on any atom is 0.340 e. The first-order valence-corrected chi connectivity index (χ1v) is 8.97. The minimum absolute atomic E-state index is 0.0781. The number of rotatable bonds is 6. The molecule has 0 radical (unpaired) electrons. The Balaban J connectivity index is 2.33. The standard InChI is InChI=1S/C20H21N3O7/c1-28-15(25)10-22-20(19(27)30-3)13(12-7-5-4-6-8-12)11-23-14(24)9-21-17(23)16(20)18(26)29-2/h4-8,11,21-22H,9-10H2,1-3H3. The number of carbonyl (C=O) groups excluding carboxylic acids is 4. The fourth-order valence-corrected chi connectivity index (χ4v) is 3.50. The number of hydrogen-bond acceptors (Lipinski definition) is 9. The van der Waals surface area contributed by atoms with E-state index in [9.17, 15) is 19.2 Å². The largest absolute Gasteiger partial charge is 0.468 e. The number of ether oxygens (including phenoxy) is 3. The van der Waals surface area contributed by atoms with Crippen molar-refractivity contribution in [3.8, 4) is 0 Å². The van der Waals surface area contributed by atoms with E-state index in [1.807, 2.05) is 0 Å². The molecule has 1 aromatic rings. The lowest BCUT2D eigenvalue weighted by molar-refractivity contribution is -0.149. The van der Waals surface area contributed by atoms with Crippen LogP contribution in [0.3, 0.4) is 0 Å². The number of amides is 1. The molecule has 10 nitrogen and oxygen atoms in total. The van der Waals surface area contributed by atoms with Gasteiger partial charge < -0.3 is 19.5 Å². The van der Waals surface area contributed by atoms with Crippen LogP contribution >= 0.6 is 0 Å². The van der Waals surface area contributed by atoms with Gasteiger partial charge >= 0.3 is 17.9 Å². The van der Waals surface area contributed by atoms with E-state index in [4.69, 9.17) is 9.47 Å². The van der Waals surface area contributed by atoms with Crippen LogP contribution in [0.2, 0.25) is 0 Å². The third-order valence-corrected chi connectivity index (χ3v) is 4.88. The van der Waals surface area contributed by atoms with Gasteiger partial charge in [0.25, 0.3) is 5.91 Å². The molecule has 2 heterocycles. The van der Waals surface area contributed by atoms with Gasteiger partial charge in [-0.05, 0) is 5.56 Å². The van der Waals surface area contributed by atoms with E-state index in [1.165, 1.54) is 18.2 Å².